The zero-order chi connectivity index (χ0) is 15.8. The van der Waals surface area contributed by atoms with Crippen LogP contribution in [0.5, 0.6) is 11.5 Å². The number of phenolic OH excluding ortho intramolecular Hbond substituents is 1. The second kappa shape index (κ2) is 7.68. The molecular formula is C16H17N3O3. The lowest BCUT2D eigenvalue weighted by Crippen LogP contribution is -2.25. The van der Waals surface area contributed by atoms with Crippen molar-refractivity contribution >= 4 is 17.8 Å². The maximum absolute atomic E-state index is 11.6. The maximum Gasteiger partial charge on any atom is 0.259 e. The van der Waals surface area contributed by atoms with Gasteiger partial charge in [-0.15, -0.1) is 0 Å². The monoisotopic (exact) mass is 299 g/mol. The first kappa shape index (κ1) is 15.4. The van der Waals surface area contributed by atoms with Crippen molar-refractivity contribution in [1.29, 1.82) is 0 Å². The smallest absolute Gasteiger partial charge is 0.259 e. The fraction of sp³-hybridized carbons (Fsp3) is 0.125. The van der Waals surface area contributed by atoms with Crippen LogP contribution in [0.1, 0.15) is 5.56 Å². The predicted molar refractivity (Wildman–Crippen MR) is 85.3 cm³/mol. The molecule has 0 atom stereocenters. The number of para-hydroxylation sites is 1. The number of amides is 1. The summed E-state index contributed by atoms with van der Waals surface area (Å²) in [6.45, 7) is 0.103. The number of nitrogens with zero attached hydrogens (tertiary/aromatic N) is 1. The van der Waals surface area contributed by atoms with E-state index in [-0.39, 0.29) is 18.2 Å². The standard InChI is InChI=1S/C16H17N3O3/c1-22-14-7-8-15(20)12(9-14)10-18-19-16(21)11-17-13-5-3-2-4-6-13/h2-10,17,20H,11H2,1H3,(H,19,21). The molecule has 0 heterocycles. The zero-order valence-corrected chi connectivity index (χ0v) is 12.1. The minimum absolute atomic E-state index is 0.0567. The van der Waals surface area contributed by atoms with Gasteiger partial charge in [-0.1, -0.05) is 18.2 Å². The van der Waals surface area contributed by atoms with Crippen LogP contribution < -0.4 is 15.5 Å². The number of anilines is 1. The number of hydrogen-bond acceptors (Lipinski definition) is 5. The molecule has 0 fully saturated rings. The molecule has 0 spiro atoms. The lowest BCUT2D eigenvalue weighted by Gasteiger charge is -2.05. The number of carbonyl (C=O) groups is 1. The zero-order valence-electron chi connectivity index (χ0n) is 12.1. The molecule has 0 aliphatic carbocycles. The van der Waals surface area contributed by atoms with Crippen LogP contribution in [-0.4, -0.2) is 30.9 Å². The van der Waals surface area contributed by atoms with E-state index >= 15 is 0 Å². The van der Waals surface area contributed by atoms with Gasteiger partial charge in [0.05, 0.1) is 19.9 Å². The molecule has 0 saturated carbocycles. The van der Waals surface area contributed by atoms with Crippen LogP contribution in [0.2, 0.25) is 0 Å². The number of methoxy groups -OCH3 is 1. The Morgan fingerprint density at radius 2 is 2.05 bits per heavy atom. The fourth-order valence-electron chi connectivity index (χ4n) is 1.71. The number of nitrogens with one attached hydrogen (secondary N) is 2. The summed E-state index contributed by atoms with van der Waals surface area (Å²) in [4.78, 5) is 11.6. The molecular weight excluding hydrogens is 282 g/mol. The van der Waals surface area contributed by atoms with Crippen molar-refractivity contribution in [2.45, 2.75) is 0 Å². The Bertz CT molecular complexity index is 657. The molecule has 0 aliphatic rings. The third-order valence-electron chi connectivity index (χ3n) is 2.85. The summed E-state index contributed by atoms with van der Waals surface area (Å²) < 4.78 is 5.05. The summed E-state index contributed by atoms with van der Waals surface area (Å²) >= 11 is 0. The molecule has 2 aromatic rings. The summed E-state index contributed by atoms with van der Waals surface area (Å²) in [5, 5.41) is 16.5. The van der Waals surface area contributed by atoms with Gasteiger partial charge in [-0.05, 0) is 30.3 Å². The van der Waals surface area contributed by atoms with Crippen molar-refractivity contribution < 1.29 is 14.6 Å². The second-order valence-corrected chi connectivity index (χ2v) is 4.44. The Morgan fingerprint density at radius 3 is 2.77 bits per heavy atom. The molecule has 0 radical (unpaired) electrons. The maximum atomic E-state index is 11.6. The highest BCUT2D eigenvalue weighted by atomic mass is 16.5. The van der Waals surface area contributed by atoms with Gasteiger partial charge in [0.1, 0.15) is 11.5 Å². The molecule has 2 aromatic carbocycles. The number of hydrazone groups is 1. The van der Waals surface area contributed by atoms with Crippen LogP contribution in [0.15, 0.2) is 53.6 Å². The average molecular weight is 299 g/mol. The molecule has 3 N–H and O–H groups in total. The Kier molecular flexibility index (Phi) is 5.37. The summed E-state index contributed by atoms with van der Waals surface area (Å²) in [7, 11) is 1.53. The SMILES string of the molecule is COc1ccc(O)c(C=NNC(=O)CNc2ccccc2)c1. The third-order valence-corrected chi connectivity index (χ3v) is 2.85. The van der Waals surface area contributed by atoms with Crippen molar-refractivity contribution in [3.8, 4) is 11.5 Å². The van der Waals surface area contributed by atoms with Crippen molar-refractivity contribution in [2.24, 2.45) is 5.10 Å². The first-order chi connectivity index (χ1) is 10.7. The average Bonchev–Trinajstić information content (AvgIpc) is 2.55. The van der Waals surface area contributed by atoms with E-state index in [1.54, 1.807) is 12.1 Å². The van der Waals surface area contributed by atoms with Crippen molar-refractivity contribution in [1.82, 2.24) is 5.43 Å². The van der Waals surface area contributed by atoms with E-state index in [2.05, 4.69) is 15.8 Å². The number of phenols is 1. The molecule has 114 valence electrons. The molecule has 6 nitrogen and oxygen atoms in total. The quantitative estimate of drug-likeness (QED) is 0.562. The van der Waals surface area contributed by atoms with E-state index in [0.29, 0.717) is 11.3 Å². The number of rotatable bonds is 6. The van der Waals surface area contributed by atoms with Crippen molar-refractivity contribution in [3.05, 3.63) is 54.1 Å². The predicted octanol–water partition coefficient (Wildman–Crippen LogP) is 1.96. The lowest BCUT2D eigenvalue weighted by molar-refractivity contribution is -0.119. The van der Waals surface area contributed by atoms with E-state index in [1.807, 2.05) is 30.3 Å². The van der Waals surface area contributed by atoms with Crippen molar-refractivity contribution in [2.75, 3.05) is 19.0 Å². The Balaban J connectivity index is 1.85. The van der Waals surface area contributed by atoms with Gasteiger partial charge in [-0.2, -0.15) is 5.10 Å². The first-order valence-electron chi connectivity index (χ1n) is 6.67. The fourth-order valence-corrected chi connectivity index (χ4v) is 1.71. The highest BCUT2D eigenvalue weighted by molar-refractivity contribution is 5.86. The van der Waals surface area contributed by atoms with E-state index in [0.717, 1.165) is 5.69 Å². The first-order valence-corrected chi connectivity index (χ1v) is 6.67. The Labute approximate surface area is 128 Å². The van der Waals surface area contributed by atoms with Gasteiger partial charge in [0.25, 0.3) is 5.91 Å². The molecule has 22 heavy (non-hydrogen) atoms. The van der Waals surface area contributed by atoms with Crippen LogP contribution in [-0.2, 0) is 4.79 Å². The minimum atomic E-state index is -0.289. The van der Waals surface area contributed by atoms with Crippen LogP contribution in [0.3, 0.4) is 0 Å². The third kappa shape index (κ3) is 4.52. The number of benzene rings is 2. The molecule has 0 bridgehead atoms. The minimum Gasteiger partial charge on any atom is -0.507 e. The van der Waals surface area contributed by atoms with Gasteiger partial charge >= 0.3 is 0 Å². The highest BCUT2D eigenvalue weighted by Gasteiger charge is 2.02. The van der Waals surface area contributed by atoms with Gasteiger partial charge in [0.2, 0.25) is 0 Å². The molecule has 0 saturated heterocycles. The highest BCUT2D eigenvalue weighted by Crippen LogP contribution is 2.20. The number of carbonyl (C=O) groups excluding carboxylic acids is 1. The lowest BCUT2D eigenvalue weighted by atomic mass is 10.2. The molecule has 0 unspecified atom stereocenters. The summed E-state index contributed by atoms with van der Waals surface area (Å²) in [6.07, 6.45) is 1.36. The van der Waals surface area contributed by atoms with Gasteiger partial charge < -0.3 is 15.2 Å². The van der Waals surface area contributed by atoms with Crippen LogP contribution in [0.4, 0.5) is 5.69 Å². The van der Waals surface area contributed by atoms with E-state index in [9.17, 15) is 9.90 Å². The molecule has 6 heteroatoms. The normalized spacial score (nSPS) is 10.4. The topological polar surface area (TPSA) is 83.0 Å². The molecule has 1 amide bonds. The summed E-state index contributed by atoms with van der Waals surface area (Å²) in [6, 6.07) is 14.1. The van der Waals surface area contributed by atoms with Crippen LogP contribution in [0.25, 0.3) is 0 Å². The summed E-state index contributed by atoms with van der Waals surface area (Å²) in [5.74, 6) is 0.361. The Hall–Kier alpha value is -3.02. The molecule has 0 aliphatic heterocycles. The largest absolute Gasteiger partial charge is 0.507 e. The van der Waals surface area contributed by atoms with Crippen LogP contribution in [0, 0.1) is 0 Å². The summed E-state index contributed by atoms with van der Waals surface area (Å²) in [5.41, 5.74) is 3.69. The van der Waals surface area contributed by atoms with Gasteiger partial charge in [0.15, 0.2) is 0 Å². The van der Waals surface area contributed by atoms with Gasteiger partial charge in [-0.25, -0.2) is 5.43 Å². The van der Waals surface area contributed by atoms with Gasteiger partial charge in [0, 0.05) is 11.3 Å². The number of aromatic hydroxyl groups is 1. The van der Waals surface area contributed by atoms with E-state index in [1.165, 1.54) is 19.4 Å². The number of hydrogen-bond donors (Lipinski definition) is 3. The van der Waals surface area contributed by atoms with E-state index < -0.39 is 0 Å². The van der Waals surface area contributed by atoms with Crippen molar-refractivity contribution in [3.63, 3.8) is 0 Å². The molecule has 2 rings (SSSR count). The Morgan fingerprint density at radius 1 is 1.27 bits per heavy atom. The number of ether oxygens (including phenoxy) is 1. The van der Waals surface area contributed by atoms with E-state index in [4.69, 9.17) is 4.74 Å². The second-order valence-electron chi connectivity index (χ2n) is 4.44. The van der Waals surface area contributed by atoms with Crippen LogP contribution >= 0.6 is 0 Å². The molecule has 0 aromatic heterocycles. The van der Waals surface area contributed by atoms with Gasteiger partial charge in [-0.3, -0.25) is 4.79 Å².